The van der Waals surface area contributed by atoms with Gasteiger partial charge in [0.15, 0.2) is 0 Å². The summed E-state index contributed by atoms with van der Waals surface area (Å²) in [5.41, 5.74) is 2.36. The first-order valence-corrected chi connectivity index (χ1v) is 5.45. The zero-order valence-electron chi connectivity index (χ0n) is 8.89. The van der Waals surface area contributed by atoms with E-state index in [1.807, 2.05) is 32.0 Å². The van der Waals surface area contributed by atoms with Crippen LogP contribution in [0.1, 0.15) is 26.5 Å². The van der Waals surface area contributed by atoms with Crippen LogP contribution in [-0.4, -0.2) is 4.98 Å². The second-order valence-electron chi connectivity index (χ2n) is 2.85. The highest BCUT2D eigenvalue weighted by Crippen LogP contribution is 2.23. The van der Waals surface area contributed by atoms with Crippen molar-refractivity contribution >= 4 is 22.5 Å². The molecule has 2 heteroatoms. The number of benzene rings is 1. The summed E-state index contributed by atoms with van der Waals surface area (Å²) in [4.78, 5) is 3.30. The molecular formula is C12H16ClN. The van der Waals surface area contributed by atoms with Crippen LogP contribution in [0, 0.1) is 0 Å². The van der Waals surface area contributed by atoms with Crippen LogP contribution in [0.2, 0.25) is 5.02 Å². The van der Waals surface area contributed by atoms with Crippen molar-refractivity contribution < 1.29 is 0 Å². The molecule has 0 unspecified atom stereocenters. The minimum Gasteiger partial charge on any atom is -0.358 e. The van der Waals surface area contributed by atoms with Gasteiger partial charge in [-0.2, -0.15) is 0 Å². The molecule has 1 heterocycles. The van der Waals surface area contributed by atoms with Gasteiger partial charge in [0.25, 0.3) is 0 Å². The molecule has 0 atom stereocenters. The van der Waals surface area contributed by atoms with Crippen molar-refractivity contribution in [3.63, 3.8) is 0 Å². The van der Waals surface area contributed by atoms with Gasteiger partial charge >= 0.3 is 0 Å². The maximum atomic E-state index is 6.01. The Morgan fingerprint density at radius 1 is 1.29 bits per heavy atom. The molecule has 0 bridgehead atoms. The van der Waals surface area contributed by atoms with Crippen LogP contribution in [0.5, 0.6) is 0 Å². The second kappa shape index (κ2) is 5.06. The van der Waals surface area contributed by atoms with E-state index < -0.39 is 0 Å². The van der Waals surface area contributed by atoms with E-state index in [0.29, 0.717) is 0 Å². The summed E-state index contributed by atoms with van der Waals surface area (Å²) < 4.78 is 0. The molecule has 1 aromatic heterocycles. The van der Waals surface area contributed by atoms with Crippen LogP contribution in [0.25, 0.3) is 10.9 Å². The standard InChI is InChI=1S/C10H10ClN.C2H6/c1-2-7-6-8-9(11)4-3-5-10(8)12-7;1-2/h3-6,12H,2H2,1H3;1-2H3. The first-order valence-electron chi connectivity index (χ1n) is 5.07. The van der Waals surface area contributed by atoms with Gasteiger partial charge in [-0.25, -0.2) is 0 Å². The number of aromatic amines is 1. The van der Waals surface area contributed by atoms with E-state index in [9.17, 15) is 0 Å². The number of fused-ring (bicyclic) bond motifs is 1. The second-order valence-corrected chi connectivity index (χ2v) is 3.26. The van der Waals surface area contributed by atoms with Gasteiger partial charge in [0.2, 0.25) is 0 Å². The fraction of sp³-hybridized carbons (Fsp3) is 0.333. The number of hydrogen-bond donors (Lipinski definition) is 1. The number of nitrogens with one attached hydrogen (secondary N) is 1. The normalized spacial score (nSPS) is 9.71. The van der Waals surface area contributed by atoms with Crippen molar-refractivity contribution in [2.24, 2.45) is 0 Å². The molecule has 0 aliphatic rings. The molecule has 0 aliphatic carbocycles. The van der Waals surface area contributed by atoms with Gasteiger partial charge in [-0.1, -0.05) is 38.4 Å². The van der Waals surface area contributed by atoms with E-state index in [1.165, 1.54) is 5.69 Å². The average Bonchev–Trinajstić information content (AvgIpc) is 2.65. The van der Waals surface area contributed by atoms with Crippen molar-refractivity contribution in [2.45, 2.75) is 27.2 Å². The molecular weight excluding hydrogens is 194 g/mol. The van der Waals surface area contributed by atoms with Crippen LogP contribution < -0.4 is 0 Å². The monoisotopic (exact) mass is 209 g/mol. The molecule has 0 amide bonds. The Balaban J connectivity index is 0.000000461. The molecule has 1 N–H and O–H groups in total. The summed E-state index contributed by atoms with van der Waals surface area (Å²) in [5.74, 6) is 0. The van der Waals surface area contributed by atoms with E-state index in [1.54, 1.807) is 0 Å². The van der Waals surface area contributed by atoms with E-state index in [-0.39, 0.29) is 0 Å². The molecule has 0 aliphatic heterocycles. The third-order valence-corrected chi connectivity index (χ3v) is 2.38. The molecule has 2 rings (SSSR count). The Hall–Kier alpha value is -0.950. The van der Waals surface area contributed by atoms with E-state index >= 15 is 0 Å². The zero-order chi connectivity index (χ0) is 10.6. The lowest BCUT2D eigenvalue weighted by Crippen LogP contribution is -1.74. The predicted octanol–water partition coefficient (Wildman–Crippen LogP) is 4.41. The van der Waals surface area contributed by atoms with Crippen molar-refractivity contribution in [1.82, 2.24) is 4.98 Å². The van der Waals surface area contributed by atoms with Gasteiger partial charge in [0.05, 0.1) is 0 Å². The molecule has 0 fully saturated rings. The largest absolute Gasteiger partial charge is 0.358 e. The number of halogens is 1. The summed E-state index contributed by atoms with van der Waals surface area (Å²) in [6, 6.07) is 8.02. The van der Waals surface area contributed by atoms with Gasteiger partial charge in [-0.05, 0) is 24.6 Å². The van der Waals surface area contributed by atoms with Gasteiger partial charge in [0, 0.05) is 21.6 Å². The maximum Gasteiger partial charge on any atom is 0.0499 e. The SMILES string of the molecule is CC.CCc1cc2c(Cl)cccc2[nH]1. The Kier molecular flexibility index (Phi) is 4.02. The molecule has 0 spiro atoms. The third kappa shape index (κ3) is 2.10. The Bertz CT molecular complexity index is 404. The molecule has 1 nitrogen and oxygen atoms in total. The lowest BCUT2D eigenvalue weighted by atomic mass is 10.2. The summed E-state index contributed by atoms with van der Waals surface area (Å²) >= 11 is 6.01. The van der Waals surface area contributed by atoms with Gasteiger partial charge < -0.3 is 4.98 Å². The van der Waals surface area contributed by atoms with Gasteiger partial charge in [-0.15, -0.1) is 0 Å². The quantitative estimate of drug-likeness (QED) is 0.716. The lowest BCUT2D eigenvalue weighted by Gasteiger charge is -1.90. The first-order chi connectivity index (χ1) is 6.81. The molecule has 0 saturated carbocycles. The van der Waals surface area contributed by atoms with E-state index in [4.69, 9.17) is 11.6 Å². The van der Waals surface area contributed by atoms with Crippen molar-refractivity contribution in [3.05, 3.63) is 35.0 Å². The summed E-state index contributed by atoms with van der Waals surface area (Å²) in [7, 11) is 0. The molecule has 14 heavy (non-hydrogen) atoms. The number of hydrogen-bond acceptors (Lipinski definition) is 0. The number of rotatable bonds is 1. The summed E-state index contributed by atoms with van der Waals surface area (Å²) in [6.07, 6.45) is 1.02. The van der Waals surface area contributed by atoms with Crippen molar-refractivity contribution in [3.8, 4) is 0 Å². The van der Waals surface area contributed by atoms with Crippen LogP contribution in [0.3, 0.4) is 0 Å². The van der Waals surface area contributed by atoms with E-state index in [0.717, 1.165) is 22.3 Å². The fourth-order valence-corrected chi connectivity index (χ4v) is 1.60. The Morgan fingerprint density at radius 2 is 2.00 bits per heavy atom. The molecule has 0 saturated heterocycles. The number of H-pyrrole nitrogens is 1. The molecule has 76 valence electrons. The van der Waals surface area contributed by atoms with Crippen LogP contribution >= 0.6 is 11.6 Å². The molecule has 2 aromatic rings. The highest BCUT2D eigenvalue weighted by atomic mass is 35.5. The fourth-order valence-electron chi connectivity index (χ4n) is 1.37. The van der Waals surface area contributed by atoms with Crippen LogP contribution in [-0.2, 0) is 6.42 Å². The number of aromatic nitrogens is 1. The third-order valence-electron chi connectivity index (χ3n) is 2.05. The predicted molar refractivity (Wildman–Crippen MR) is 64.0 cm³/mol. The summed E-state index contributed by atoms with van der Waals surface area (Å²) in [5, 5.41) is 1.94. The van der Waals surface area contributed by atoms with Crippen LogP contribution in [0.15, 0.2) is 24.3 Å². The minimum atomic E-state index is 0.823. The van der Waals surface area contributed by atoms with Gasteiger partial charge in [0.1, 0.15) is 0 Å². The maximum absolute atomic E-state index is 6.01. The van der Waals surface area contributed by atoms with E-state index in [2.05, 4.69) is 18.0 Å². The van der Waals surface area contributed by atoms with Crippen molar-refractivity contribution in [1.29, 1.82) is 0 Å². The lowest BCUT2D eigenvalue weighted by molar-refractivity contribution is 1.07. The zero-order valence-corrected chi connectivity index (χ0v) is 9.65. The Labute approximate surface area is 90.1 Å². The van der Waals surface area contributed by atoms with Crippen LogP contribution in [0.4, 0.5) is 0 Å². The minimum absolute atomic E-state index is 0.823. The Morgan fingerprint density at radius 3 is 2.57 bits per heavy atom. The first kappa shape index (κ1) is 11.1. The summed E-state index contributed by atoms with van der Waals surface area (Å²) in [6.45, 7) is 6.12. The number of aryl methyl sites for hydroxylation is 1. The highest BCUT2D eigenvalue weighted by Gasteiger charge is 2.01. The molecule has 0 radical (unpaired) electrons. The van der Waals surface area contributed by atoms with Crippen molar-refractivity contribution in [2.75, 3.05) is 0 Å². The van der Waals surface area contributed by atoms with Gasteiger partial charge in [-0.3, -0.25) is 0 Å². The highest BCUT2D eigenvalue weighted by molar-refractivity contribution is 6.35. The topological polar surface area (TPSA) is 15.8 Å². The smallest absolute Gasteiger partial charge is 0.0499 e. The molecule has 1 aromatic carbocycles. The average molecular weight is 210 g/mol.